The van der Waals surface area contributed by atoms with Crippen molar-refractivity contribution in [1.82, 2.24) is 0 Å². The van der Waals surface area contributed by atoms with Gasteiger partial charge < -0.3 is 10.6 Å². The average Bonchev–Trinajstić information content (AvgIpc) is 2.89. The predicted octanol–water partition coefficient (Wildman–Crippen LogP) is 5.70. The minimum absolute atomic E-state index is 0.150. The van der Waals surface area contributed by atoms with Gasteiger partial charge in [-0.25, -0.2) is 15.0 Å². The first-order chi connectivity index (χ1) is 17.4. The Labute approximate surface area is 212 Å². The molecule has 0 unspecified atom stereocenters. The number of hydrogen-bond acceptors (Lipinski definition) is 10. The van der Waals surface area contributed by atoms with Gasteiger partial charge in [0.1, 0.15) is 13.2 Å². The van der Waals surface area contributed by atoms with Crippen LogP contribution in [-0.4, -0.2) is 30.5 Å². The SMILES string of the molecule is C=C(C)COOCc1ccc(Nc2ccc(NC)c3c2C(=O)c2ccccc2C3=O)c(SOOO)c1. The Bertz CT molecular complexity index is 1330. The van der Waals surface area contributed by atoms with Crippen molar-refractivity contribution in [2.75, 3.05) is 24.3 Å². The maximum absolute atomic E-state index is 13.5. The van der Waals surface area contributed by atoms with E-state index in [2.05, 4.69) is 26.6 Å². The third-order valence-electron chi connectivity index (χ3n) is 5.43. The maximum Gasteiger partial charge on any atom is 0.196 e. The predicted molar refractivity (Wildman–Crippen MR) is 135 cm³/mol. The molecule has 3 aromatic rings. The summed E-state index contributed by atoms with van der Waals surface area (Å²) in [5.41, 5.74) is 4.39. The smallest absolute Gasteiger partial charge is 0.196 e. The van der Waals surface area contributed by atoms with Crippen LogP contribution in [0.25, 0.3) is 0 Å². The van der Waals surface area contributed by atoms with Crippen LogP contribution in [0, 0.1) is 0 Å². The number of rotatable bonds is 11. The van der Waals surface area contributed by atoms with Crippen molar-refractivity contribution in [1.29, 1.82) is 0 Å². The van der Waals surface area contributed by atoms with E-state index in [1.54, 1.807) is 61.6 Å². The van der Waals surface area contributed by atoms with Crippen LogP contribution in [0.1, 0.15) is 44.3 Å². The van der Waals surface area contributed by atoms with Crippen LogP contribution in [0.4, 0.5) is 17.1 Å². The molecule has 0 fully saturated rings. The van der Waals surface area contributed by atoms with Crippen molar-refractivity contribution in [2.24, 2.45) is 0 Å². The molecule has 0 bridgehead atoms. The van der Waals surface area contributed by atoms with Crippen LogP contribution in [0.15, 0.2) is 71.6 Å². The Morgan fingerprint density at radius 1 is 0.944 bits per heavy atom. The van der Waals surface area contributed by atoms with Gasteiger partial charge in [-0.3, -0.25) is 9.59 Å². The fraction of sp³-hybridized carbons (Fsp3) is 0.154. The molecule has 4 rings (SSSR count). The molecule has 0 aromatic heterocycles. The summed E-state index contributed by atoms with van der Waals surface area (Å²) in [5, 5.41) is 18.7. The van der Waals surface area contributed by atoms with E-state index in [4.69, 9.17) is 15.0 Å². The van der Waals surface area contributed by atoms with Crippen LogP contribution in [0.2, 0.25) is 0 Å². The highest BCUT2D eigenvalue weighted by Gasteiger charge is 2.33. The molecule has 3 N–H and O–H groups in total. The van der Waals surface area contributed by atoms with Crippen LogP contribution in [0.5, 0.6) is 0 Å². The average molecular weight is 509 g/mol. The molecule has 0 radical (unpaired) electrons. The van der Waals surface area contributed by atoms with Crippen molar-refractivity contribution in [3.8, 4) is 0 Å². The van der Waals surface area contributed by atoms with E-state index >= 15 is 0 Å². The van der Waals surface area contributed by atoms with Crippen LogP contribution in [0.3, 0.4) is 0 Å². The van der Waals surface area contributed by atoms with E-state index < -0.39 is 0 Å². The van der Waals surface area contributed by atoms with Gasteiger partial charge >= 0.3 is 0 Å². The number of nitrogens with one attached hydrogen (secondary N) is 2. The van der Waals surface area contributed by atoms with Crippen LogP contribution in [-0.2, 0) is 25.8 Å². The zero-order valence-corrected chi connectivity index (χ0v) is 20.4. The topological polar surface area (TPSA) is 115 Å². The van der Waals surface area contributed by atoms with E-state index in [9.17, 15) is 9.59 Å². The molecular formula is C26H24N2O7S. The Kier molecular flexibility index (Phi) is 8.16. The molecule has 9 nitrogen and oxygen atoms in total. The van der Waals surface area contributed by atoms with Gasteiger partial charge in [-0.05, 0) is 36.8 Å². The van der Waals surface area contributed by atoms with Gasteiger partial charge in [-0.15, -0.1) is 4.33 Å². The highest BCUT2D eigenvalue weighted by molar-refractivity contribution is 7.94. The zero-order valence-electron chi connectivity index (χ0n) is 19.6. The van der Waals surface area contributed by atoms with Gasteiger partial charge in [0.2, 0.25) is 0 Å². The second-order valence-corrected chi connectivity index (χ2v) is 8.77. The molecule has 1 aliphatic carbocycles. The van der Waals surface area contributed by atoms with Gasteiger partial charge in [0, 0.05) is 23.9 Å². The van der Waals surface area contributed by atoms with Gasteiger partial charge in [0.25, 0.3) is 0 Å². The molecule has 0 atom stereocenters. The van der Waals surface area contributed by atoms with Gasteiger partial charge in [0.05, 0.1) is 39.4 Å². The summed E-state index contributed by atoms with van der Waals surface area (Å²) >= 11 is 0.750. The third kappa shape index (κ3) is 5.34. The summed E-state index contributed by atoms with van der Waals surface area (Å²) < 4.78 is 4.66. The number of hydrogen-bond donors (Lipinski definition) is 3. The molecule has 10 heteroatoms. The minimum atomic E-state index is -0.261. The molecule has 1 aliphatic rings. The molecule has 3 aromatic carbocycles. The summed E-state index contributed by atoms with van der Waals surface area (Å²) in [6.45, 7) is 5.99. The molecular weight excluding hydrogens is 484 g/mol. The maximum atomic E-state index is 13.5. The lowest BCUT2D eigenvalue weighted by Gasteiger charge is -2.23. The highest BCUT2D eigenvalue weighted by atomic mass is 32.2. The van der Waals surface area contributed by atoms with E-state index in [1.165, 1.54) is 0 Å². The number of anilines is 3. The number of benzene rings is 3. The van der Waals surface area contributed by atoms with E-state index in [1.807, 2.05) is 6.92 Å². The first kappa shape index (κ1) is 25.6. The molecule has 36 heavy (non-hydrogen) atoms. The molecule has 0 amide bonds. The van der Waals surface area contributed by atoms with E-state index in [0.29, 0.717) is 38.6 Å². The van der Waals surface area contributed by atoms with Crippen molar-refractivity contribution in [2.45, 2.75) is 18.4 Å². The van der Waals surface area contributed by atoms with Crippen molar-refractivity contribution >= 4 is 40.7 Å². The van der Waals surface area contributed by atoms with E-state index in [0.717, 1.165) is 23.2 Å². The first-order valence-electron chi connectivity index (χ1n) is 10.9. The van der Waals surface area contributed by atoms with Crippen molar-refractivity contribution in [3.63, 3.8) is 0 Å². The number of fused-ring (bicyclic) bond motifs is 2. The summed E-state index contributed by atoms with van der Waals surface area (Å²) in [4.78, 5) is 37.7. The molecule has 0 saturated carbocycles. The molecule has 0 spiro atoms. The zero-order chi connectivity index (χ0) is 25.7. The largest absolute Gasteiger partial charge is 0.388 e. The summed E-state index contributed by atoms with van der Waals surface area (Å²) in [5.74, 6) is -0.495. The summed E-state index contributed by atoms with van der Waals surface area (Å²) in [6.07, 6.45) is 0. The molecule has 0 heterocycles. The van der Waals surface area contributed by atoms with Crippen molar-refractivity contribution in [3.05, 3.63) is 94.6 Å². The minimum Gasteiger partial charge on any atom is -0.388 e. The monoisotopic (exact) mass is 508 g/mol. The number of carbonyl (C=O) groups excluding carboxylic acids is 2. The highest BCUT2D eigenvalue weighted by Crippen LogP contribution is 2.39. The fourth-order valence-corrected chi connectivity index (χ4v) is 4.33. The Morgan fingerprint density at radius 2 is 1.58 bits per heavy atom. The lowest BCUT2D eigenvalue weighted by atomic mass is 9.82. The Morgan fingerprint density at radius 3 is 2.22 bits per heavy atom. The Hall–Kier alpha value is -3.51. The summed E-state index contributed by atoms with van der Waals surface area (Å²) in [6, 6.07) is 15.5. The second kappa shape index (κ2) is 11.5. The lowest BCUT2D eigenvalue weighted by Crippen LogP contribution is -2.23. The molecule has 0 saturated heterocycles. The number of ketones is 2. The third-order valence-corrected chi connectivity index (χ3v) is 6.08. The Balaban J connectivity index is 1.69. The van der Waals surface area contributed by atoms with Crippen molar-refractivity contribution < 1.29 is 34.0 Å². The molecule has 186 valence electrons. The van der Waals surface area contributed by atoms with Gasteiger partial charge in [-0.1, -0.05) is 47.5 Å². The standard InChI is InChI=1S/C26H24N2O7S/c1-15(2)13-32-33-14-16-8-9-19(22(12-16)36-35-34-31)28-21-11-10-20(27-3)23-24(21)26(30)18-7-5-4-6-17(18)25(23)29/h4-12,27-28,31H,1,13-14H2,2-3H3. The van der Waals surface area contributed by atoms with Gasteiger partial charge in [-0.2, -0.15) is 0 Å². The first-order valence-corrected chi connectivity index (χ1v) is 11.7. The second-order valence-electron chi connectivity index (χ2n) is 8.03. The quantitative estimate of drug-likeness (QED) is 0.0766. The molecule has 0 aliphatic heterocycles. The normalized spacial score (nSPS) is 12.2. The van der Waals surface area contributed by atoms with E-state index in [-0.39, 0.29) is 30.3 Å². The van der Waals surface area contributed by atoms with Crippen LogP contribution < -0.4 is 10.6 Å². The van der Waals surface area contributed by atoms with Crippen LogP contribution >= 0.6 is 12.0 Å². The summed E-state index contributed by atoms with van der Waals surface area (Å²) in [7, 11) is 1.70. The number of carbonyl (C=O) groups is 2. The lowest BCUT2D eigenvalue weighted by molar-refractivity contribution is -0.432. The fourth-order valence-electron chi connectivity index (χ4n) is 3.81. The van der Waals surface area contributed by atoms with Gasteiger partial charge in [0.15, 0.2) is 11.6 Å².